The number of fused-ring (bicyclic) bond motifs is 1. The van der Waals surface area contributed by atoms with E-state index in [-0.39, 0.29) is 5.91 Å². The second-order valence-electron chi connectivity index (χ2n) is 7.21. The van der Waals surface area contributed by atoms with E-state index >= 15 is 0 Å². The molecule has 2 aliphatic rings. The molecule has 0 atom stereocenters. The number of nitrogens with zero attached hydrogens (tertiary/aromatic N) is 4. The highest BCUT2D eigenvalue weighted by molar-refractivity contribution is 5.97. The van der Waals surface area contributed by atoms with Crippen molar-refractivity contribution in [3.8, 4) is 11.5 Å². The van der Waals surface area contributed by atoms with E-state index in [4.69, 9.17) is 9.47 Å². The Morgan fingerprint density at radius 1 is 1.14 bits per heavy atom. The van der Waals surface area contributed by atoms with Gasteiger partial charge in [-0.3, -0.25) is 4.79 Å². The molecule has 7 nitrogen and oxygen atoms in total. The van der Waals surface area contributed by atoms with Gasteiger partial charge in [-0.1, -0.05) is 35.5 Å². The molecule has 0 aliphatic carbocycles. The Hall–Kier alpha value is -3.61. The summed E-state index contributed by atoms with van der Waals surface area (Å²) in [7, 11) is 1.63. The van der Waals surface area contributed by atoms with Gasteiger partial charge < -0.3 is 14.4 Å². The Morgan fingerprint density at radius 2 is 2.00 bits per heavy atom. The first kappa shape index (κ1) is 17.5. The number of carbonyl (C=O) groups is 1. The average Bonchev–Trinajstić information content (AvgIpc) is 3.31. The van der Waals surface area contributed by atoms with Crippen LogP contribution < -0.4 is 9.47 Å². The Balaban J connectivity index is 1.27. The lowest BCUT2D eigenvalue weighted by molar-refractivity contribution is -0.126. The summed E-state index contributed by atoms with van der Waals surface area (Å²) in [6, 6.07) is 15.8. The van der Waals surface area contributed by atoms with Crippen molar-refractivity contribution in [3.05, 3.63) is 82.9 Å². The number of ether oxygens (including phenoxy) is 2. The van der Waals surface area contributed by atoms with E-state index in [9.17, 15) is 4.79 Å². The zero-order valence-electron chi connectivity index (χ0n) is 16.0. The van der Waals surface area contributed by atoms with Gasteiger partial charge in [-0.15, -0.1) is 5.10 Å². The third kappa shape index (κ3) is 3.35. The van der Waals surface area contributed by atoms with Gasteiger partial charge in [0.05, 0.1) is 38.5 Å². The predicted molar refractivity (Wildman–Crippen MR) is 105 cm³/mol. The highest BCUT2D eigenvalue weighted by Gasteiger charge is 2.35. The molecule has 0 bridgehead atoms. The van der Waals surface area contributed by atoms with E-state index < -0.39 is 0 Å². The smallest absolute Gasteiger partial charge is 0.254 e. The quantitative estimate of drug-likeness (QED) is 0.672. The van der Waals surface area contributed by atoms with Gasteiger partial charge in [0.1, 0.15) is 23.0 Å². The lowest BCUT2D eigenvalue weighted by Gasteiger charge is -2.18. The van der Waals surface area contributed by atoms with E-state index in [1.807, 2.05) is 54.7 Å². The van der Waals surface area contributed by atoms with Crippen LogP contribution in [0.2, 0.25) is 0 Å². The maximum absolute atomic E-state index is 12.9. The third-order valence-corrected chi connectivity index (χ3v) is 5.21. The van der Waals surface area contributed by atoms with Crippen LogP contribution in [0.1, 0.15) is 16.8 Å². The van der Waals surface area contributed by atoms with Crippen molar-refractivity contribution in [2.24, 2.45) is 0 Å². The van der Waals surface area contributed by atoms with Crippen LogP contribution in [-0.4, -0.2) is 39.5 Å². The SMILES string of the molecule is COc1ccc2c(c1)CC1=C(CN(Cc3cn(Cc4ccccc4)nn3)C1=O)O2. The fourth-order valence-corrected chi connectivity index (χ4v) is 3.74. The fraction of sp³-hybridized carbons (Fsp3) is 0.227. The van der Waals surface area contributed by atoms with Gasteiger partial charge in [0.2, 0.25) is 0 Å². The van der Waals surface area contributed by atoms with Crippen molar-refractivity contribution in [1.82, 2.24) is 19.9 Å². The maximum Gasteiger partial charge on any atom is 0.254 e. The van der Waals surface area contributed by atoms with E-state index in [1.165, 1.54) is 0 Å². The first-order valence-corrected chi connectivity index (χ1v) is 9.48. The average molecular weight is 388 g/mol. The van der Waals surface area contributed by atoms with Crippen molar-refractivity contribution in [2.75, 3.05) is 13.7 Å². The van der Waals surface area contributed by atoms with Crippen molar-refractivity contribution >= 4 is 5.91 Å². The van der Waals surface area contributed by atoms with Gasteiger partial charge in [-0.05, 0) is 23.8 Å². The number of hydrogen-bond acceptors (Lipinski definition) is 5. The molecular formula is C22H20N4O3. The molecule has 0 spiro atoms. The van der Waals surface area contributed by atoms with E-state index in [0.29, 0.717) is 31.6 Å². The minimum atomic E-state index is -0.00826. The minimum Gasteiger partial charge on any atom is -0.497 e. The third-order valence-electron chi connectivity index (χ3n) is 5.21. The number of hydrogen-bond donors (Lipinski definition) is 0. The van der Waals surface area contributed by atoms with Crippen molar-refractivity contribution in [1.29, 1.82) is 0 Å². The lowest BCUT2D eigenvalue weighted by atomic mass is 10.0. The summed E-state index contributed by atoms with van der Waals surface area (Å²) in [5.74, 6) is 2.26. The Kier molecular flexibility index (Phi) is 4.27. The second kappa shape index (κ2) is 7.09. The van der Waals surface area contributed by atoms with Gasteiger partial charge in [0.15, 0.2) is 0 Å². The zero-order valence-corrected chi connectivity index (χ0v) is 16.0. The summed E-state index contributed by atoms with van der Waals surface area (Å²) in [6.45, 7) is 1.51. The Labute approximate surface area is 168 Å². The van der Waals surface area contributed by atoms with Crippen molar-refractivity contribution in [3.63, 3.8) is 0 Å². The molecule has 2 aliphatic heterocycles. The van der Waals surface area contributed by atoms with Crippen LogP contribution in [0.5, 0.6) is 11.5 Å². The first-order valence-electron chi connectivity index (χ1n) is 9.48. The maximum atomic E-state index is 12.9. The molecule has 1 amide bonds. The zero-order chi connectivity index (χ0) is 19.8. The summed E-state index contributed by atoms with van der Waals surface area (Å²) in [4.78, 5) is 14.7. The molecule has 29 heavy (non-hydrogen) atoms. The van der Waals surface area contributed by atoms with Gasteiger partial charge in [-0.2, -0.15) is 0 Å². The molecule has 3 heterocycles. The first-order chi connectivity index (χ1) is 14.2. The highest BCUT2D eigenvalue weighted by Crippen LogP contribution is 2.36. The van der Waals surface area contributed by atoms with Crippen LogP contribution in [0.15, 0.2) is 66.1 Å². The molecule has 7 heteroatoms. The van der Waals surface area contributed by atoms with Gasteiger partial charge in [-0.25, -0.2) is 4.68 Å². The number of benzene rings is 2. The molecule has 0 N–H and O–H groups in total. The number of rotatable bonds is 5. The van der Waals surface area contributed by atoms with Crippen LogP contribution in [-0.2, 0) is 24.3 Å². The van der Waals surface area contributed by atoms with E-state index in [1.54, 1.807) is 16.7 Å². The molecule has 0 unspecified atom stereocenters. The molecule has 0 fully saturated rings. The highest BCUT2D eigenvalue weighted by atomic mass is 16.5. The number of methoxy groups -OCH3 is 1. The van der Waals surface area contributed by atoms with Gasteiger partial charge in [0.25, 0.3) is 5.91 Å². The lowest BCUT2D eigenvalue weighted by Crippen LogP contribution is -2.27. The molecule has 1 aromatic heterocycles. The van der Waals surface area contributed by atoms with Crippen LogP contribution in [0.4, 0.5) is 0 Å². The summed E-state index contributed by atoms with van der Waals surface area (Å²) in [5.41, 5.74) is 3.59. The van der Waals surface area contributed by atoms with E-state index in [2.05, 4.69) is 10.3 Å². The minimum absolute atomic E-state index is 0.00826. The molecule has 0 saturated carbocycles. The predicted octanol–water partition coefficient (Wildman–Crippen LogP) is 2.57. The monoisotopic (exact) mass is 388 g/mol. The standard InChI is InChI=1S/C22H20N4O3/c1-28-18-7-8-20-16(9-18)10-19-21(29-20)14-25(22(19)27)12-17-13-26(24-23-17)11-15-5-3-2-4-6-15/h2-9,13H,10-12,14H2,1H3. The normalized spacial score (nSPS) is 15.2. The largest absolute Gasteiger partial charge is 0.497 e. The van der Waals surface area contributed by atoms with E-state index in [0.717, 1.165) is 34.1 Å². The number of carbonyl (C=O) groups excluding carboxylic acids is 1. The van der Waals surface area contributed by atoms with Crippen molar-refractivity contribution < 1.29 is 14.3 Å². The van der Waals surface area contributed by atoms with Crippen LogP contribution in [0.3, 0.4) is 0 Å². The molecule has 0 radical (unpaired) electrons. The summed E-state index contributed by atoms with van der Waals surface area (Å²) in [6.07, 6.45) is 2.44. The van der Waals surface area contributed by atoms with Crippen LogP contribution in [0.25, 0.3) is 0 Å². The number of amides is 1. The van der Waals surface area contributed by atoms with Crippen LogP contribution >= 0.6 is 0 Å². The molecule has 3 aromatic rings. The Morgan fingerprint density at radius 3 is 2.83 bits per heavy atom. The molecule has 2 aromatic carbocycles. The topological polar surface area (TPSA) is 69.5 Å². The molecule has 0 saturated heterocycles. The summed E-state index contributed by atoms with van der Waals surface area (Å²) < 4.78 is 13.1. The molecule has 5 rings (SSSR count). The fourth-order valence-electron chi connectivity index (χ4n) is 3.74. The second-order valence-corrected chi connectivity index (χ2v) is 7.21. The number of aromatic nitrogens is 3. The van der Waals surface area contributed by atoms with Gasteiger partial charge >= 0.3 is 0 Å². The summed E-state index contributed by atoms with van der Waals surface area (Å²) >= 11 is 0. The van der Waals surface area contributed by atoms with Crippen molar-refractivity contribution in [2.45, 2.75) is 19.5 Å². The van der Waals surface area contributed by atoms with Crippen LogP contribution in [0, 0.1) is 0 Å². The summed E-state index contributed by atoms with van der Waals surface area (Å²) in [5, 5.41) is 8.42. The molecular weight excluding hydrogens is 368 g/mol. The molecule has 146 valence electrons. The Bertz CT molecular complexity index is 1100. The van der Waals surface area contributed by atoms with Gasteiger partial charge in [0, 0.05) is 12.0 Å².